The fraction of sp³-hybridized carbons (Fsp3) is 0.133. The maximum atomic E-state index is 12.7. The number of fused-ring (bicyclic) bond motifs is 3. The van der Waals surface area contributed by atoms with Crippen molar-refractivity contribution in [1.82, 2.24) is 0 Å². The third-order valence-electron chi connectivity index (χ3n) is 3.50. The van der Waals surface area contributed by atoms with E-state index < -0.39 is 22.5 Å². The summed E-state index contributed by atoms with van der Waals surface area (Å²) in [5.74, 6) is -1.19. The van der Waals surface area contributed by atoms with Crippen LogP contribution >= 0.6 is 11.8 Å². The normalized spacial score (nSPS) is 15.0. The molecule has 0 amide bonds. The zero-order valence-corrected chi connectivity index (χ0v) is 13.3. The van der Waals surface area contributed by atoms with Gasteiger partial charge in [0.1, 0.15) is 6.54 Å². The van der Waals surface area contributed by atoms with E-state index in [0.717, 1.165) is 14.8 Å². The van der Waals surface area contributed by atoms with E-state index in [4.69, 9.17) is 5.11 Å². The zero-order chi connectivity index (χ0) is 15.9. The predicted octanol–water partition coefficient (Wildman–Crippen LogP) is 2.67. The van der Waals surface area contributed by atoms with Crippen molar-refractivity contribution >= 4 is 33.4 Å². The Labute approximate surface area is 132 Å². The minimum atomic E-state index is -3.87. The van der Waals surface area contributed by atoms with Gasteiger partial charge in [-0.05, 0) is 30.5 Å². The quantitative estimate of drug-likeness (QED) is 0.873. The predicted molar refractivity (Wildman–Crippen MR) is 85.8 cm³/mol. The average Bonchev–Trinajstić information content (AvgIpc) is 2.51. The second-order valence-electron chi connectivity index (χ2n) is 4.78. The van der Waals surface area contributed by atoms with E-state index in [9.17, 15) is 13.2 Å². The zero-order valence-electron chi connectivity index (χ0n) is 11.7. The summed E-state index contributed by atoms with van der Waals surface area (Å²) in [4.78, 5) is 12.2. The van der Waals surface area contributed by atoms with Crippen LogP contribution in [0.2, 0.25) is 0 Å². The van der Waals surface area contributed by atoms with Gasteiger partial charge in [-0.25, -0.2) is 8.42 Å². The minimum absolute atomic E-state index is 0.141. The number of hydrogen-bond acceptors (Lipinski definition) is 4. The number of sulfonamides is 1. The number of carbonyl (C=O) groups is 1. The molecule has 114 valence electrons. The first-order valence-corrected chi connectivity index (χ1v) is 9.13. The van der Waals surface area contributed by atoms with Crippen molar-refractivity contribution in [3.63, 3.8) is 0 Å². The average molecular weight is 335 g/mol. The van der Waals surface area contributed by atoms with E-state index in [1.54, 1.807) is 42.1 Å². The minimum Gasteiger partial charge on any atom is -0.480 e. The first-order valence-electron chi connectivity index (χ1n) is 6.47. The van der Waals surface area contributed by atoms with Crippen LogP contribution in [-0.4, -0.2) is 32.3 Å². The molecule has 1 aliphatic rings. The number of aliphatic carboxylic acids is 1. The van der Waals surface area contributed by atoms with Gasteiger partial charge in [0.2, 0.25) is 0 Å². The summed E-state index contributed by atoms with van der Waals surface area (Å²) in [6.07, 6.45) is 1.93. The Balaban J connectivity index is 2.33. The molecule has 3 rings (SSSR count). The van der Waals surface area contributed by atoms with Crippen molar-refractivity contribution in [3.8, 4) is 11.1 Å². The number of carboxylic acids is 1. The lowest BCUT2D eigenvalue weighted by Crippen LogP contribution is -2.38. The van der Waals surface area contributed by atoms with Crippen molar-refractivity contribution in [1.29, 1.82) is 0 Å². The highest BCUT2D eigenvalue weighted by molar-refractivity contribution is 7.98. The fourth-order valence-electron chi connectivity index (χ4n) is 2.53. The fourth-order valence-corrected chi connectivity index (χ4v) is 4.61. The van der Waals surface area contributed by atoms with Gasteiger partial charge in [0, 0.05) is 16.0 Å². The summed E-state index contributed by atoms with van der Waals surface area (Å²) in [6, 6.07) is 12.0. The molecule has 0 fully saturated rings. The molecule has 0 radical (unpaired) electrons. The highest BCUT2D eigenvalue weighted by Gasteiger charge is 2.35. The molecule has 2 aromatic rings. The first kappa shape index (κ1) is 14.9. The number of nitrogens with zero attached hydrogens (tertiary/aromatic N) is 1. The molecule has 0 atom stereocenters. The maximum Gasteiger partial charge on any atom is 0.324 e. The molecule has 0 aromatic heterocycles. The maximum absolute atomic E-state index is 12.7. The van der Waals surface area contributed by atoms with Gasteiger partial charge in [-0.3, -0.25) is 9.10 Å². The van der Waals surface area contributed by atoms with Gasteiger partial charge in [0.05, 0.1) is 10.6 Å². The van der Waals surface area contributed by atoms with Gasteiger partial charge in [-0.15, -0.1) is 11.8 Å². The van der Waals surface area contributed by atoms with Gasteiger partial charge >= 0.3 is 5.97 Å². The largest absolute Gasteiger partial charge is 0.480 e. The third-order valence-corrected chi connectivity index (χ3v) is 6.04. The van der Waals surface area contributed by atoms with Crippen LogP contribution < -0.4 is 4.31 Å². The Bertz CT molecular complexity index is 862. The summed E-state index contributed by atoms with van der Waals surface area (Å²) in [5, 5.41) is 9.06. The Morgan fingerprint density at radius 2 is 1.91 bits per heavy atom. The number of anilines is 1. The van der Waals surface area contributed by atoms with Crippen LogP contribution in [0.5, 0.6) is 0 Å². The van der Waals surface area contributed by atoms with E-state index in [1.807, 2.05) is 12.3 Å². The van der Waals surface area contributed by atoms with Crippen LogP contribution in [-0.2, 0) is 14.8 Å². The lowest BCUT2D eigenvalue weighted by Gasteiger charge is -2.31. The van der Waals surface area contributed by atoms with Gasteiger partial charge in [0.15, 0.2) is 0 Å². The van der Waals surface area contributed by atoms with E-state index in [0.29, 0.717) is 11.3 Å². The molecule has 22 heavy (non-hydrogen) atoms. The molecule has 0 saturated heterocycles. The van der Waals surface area contributed by atoms with Gasteiger partial charge in [-0.2, -0.15) is 0 Å². The molecule has 5 nitrogen and oxygen atoms in total. The number of rotatable bonds is 3. The molecule has 0 bridgehead atoms. The van der Waals surface area contributed by atoms with E-state index in [-0.39, 0.29) is 4.90 Å². The molecule has 0 saturated carbocycles. The van der Waals surface area contributed by atoms with Crippen LogP contribution in [0.15, 0.2) is 52.3 Å². The van der Waals surface area contributed by atoms with E-state index in [1.165, 1.54) is 6.07 Å². The summed E-state index contributed by atoms with van der Waals surface area (Å²) in [6.45, 7) is -0.595. The van der Waals surface area contributed by atoms with Crippen molar-refractivity contribution in [3.05, 3.63) is 42.5 Å². The lowest BCUT2D eigenvalue weighted by molar-refractivity contribution is -0.135. The third kappa shape index (κ3) is 2.26. The number of hydrogen-bond donors (Lipinski definition) is 1. The van der Waals surface area contributed by atoms with Crippen LogP contribution in [0.3, 0.4) is 0 Å². The molecule has 1 aliphatic heterocycles. The lowest BCUT2D eigenvalue weighted by atomic mass is 10.0. The number of thioether (sulfide) groups is 1. The monoisotopic (exact) mass is 335 g/mol. The van der Waals surface area contributed by atoms with Crippen molar-refractivity contribution in [2.45, 2.75) is 9.79 Å². The van der Waals surface area contributed by atoms with E-state index in [2.05, 4.69) is 0 Å². The van der Waals surface area contributed by atoms with Crippen molar-refractivity contribution in [2.24, 2.45) is 0 Å². The molecular weight excluding hydrogens is 322 g/mol. The Hall–Kier alpha value is -1.99. The second-order valence-corrected chi connectivity index (χ2v) is 7.50. The summed E-state index contributed by atoms with van der Waals surface area (Å²) >= 11 is 1.55. The number of carboxylic acid groups (broad SMARTS) is 1. The topological polar surface area (TPSA) is 74.7 Å². The van der Waals surface area contributed by atoms with Crippen molar-refractivity contribution < 1.29 is 18.3 Å². The van der Waals surface area contributed by atoms with Crippen LogP contribution in [0, 0.1) is 0 Å². The second kappa shape index (κ2) is 5.33. The SMILES string of the molecule is CSc1ccc2c(c1)-c1ccccc1S(=O)(=O)N2CC(=O)O. The summed E-state index contributed by atoms with van der Waals surface area (Å²) < 4.78 is 26.4. The van der Waals surface area contributed by atoms with Crippen LogP contribution in [0.25, 0.3) is 11.1 Å². The van der Waals surface area contributed by atoms with Crippen molar-refractivity contribution in [2.75, 3.05) is 17.1 Å². The van der Waals surface area contributed by atoms with E-state index >= 15 is 0 Å². The highest BCUT2D eigenvalue weighted by Crippen LogP contribution is 2.44. The Kier molecular flexibility index (Phi) is 3.62. The molecule has 0 unspecified atom stereocenters. The molecule has 7 heteroatoms. The summed E-state index contributed by atoms with van der Waals surface area (Å²) in [5.41, 5.74) is 1.74. The summed E-state index contributed by atoms with van der Waals surface area (Å²) in [7, 11) is -3.87. The van der Waals surface area contributed by atoms with Gasteiger partial charge < -0.3 is 5.11 Å². The molecule has 0 aliphatic carbocycles. The highest BCUT2D eigenvalue weighted by atomic mass is 32.2. The molecule has 2 aromatic carbocycles. The smallest absolute Gasteiger partial charge is 0.324 e. The molecule has 1 heterocycles. The number of benzene rings is 2. The van der Waals surface area contributed by atoms with Gasteiger partial charge in [-0.1, -0.05) is 18.2 Å². The van der Waals surface area contributed by atoms with Gasteiger partial charge in [0.25, 0.3) is 10.0 Å². The van der Waals surface area contributed by atoms with Crippen LogP contribution in [0.4, 0.5) is 5.69 Å². The molecule has 0 spiro atoms. The van der Waals surface area contributed by atoms with Crippen LogP contribution in [0.1, 0.15) is 0 Å². The Morgan fingerprint density at radius 1 is 1.18 bits per heavy atom. The first-order chi connectivity index (χ1) is 10.4. The molecule has 1 N–H and O–H groups in total. The standard InChI is InChI=1S/C15H13NO4S2/c1-21-10-6-7-13-12(8-10)11-4-2-3-5-14(11)22(19,20)16(13)9-15(17)18/h2-8H,9H2,1H3,(H,17,18). The molecular formula is C15H13NO4S2. The Morgan fingerprint density at radius 3 is 2.59 bits per heavy atom.